The fraction of sp³-hybridized carbons (Fsp3) is 0.333. The number of rotatable bonds is 5. The van der Waals surface area contributed by atoms with Crippen LogP contribution in [0.3, 0.4) is 0 Å². The van der Waals surface area contributed by atoms with Crippen LogP contribution in [-0.4, -0.2) is 57.4 Å². The average Bonchev–Trinajstić information content (AvgIpc) is 3.08. The number of nitrogens with one attached hydrogen (secondary N) is 1. The van der Waals surface area contributed by atoms with E-state index < -0.39 is 10.0 Å². The SMILES string of the molecule is CCN1C(=O)Cc2cc(NC(=O)c3ccc(S(=O)(=O)N4CCOCC4)cc3)ccc21. The van der Waals surface area contributed by atoms with Crippen molar-refractivity contribution >= 4 is 33.2 Å². The molecular formula is C21H23N3O5S. The van der Waals surface area contributed by atoms with Gasteiger partial charge < -0.3 is 15.0 Å². The first-order valence-electron chi connectivity index (χ1n) is 9.83. The van der Waals surface area contributed by atoms with Crippen LogP contribution in [0.15, 0.2) is 47.4 Å². The van der Waals surface area contributed by atoms with Crippen molar-refractivity contribution in [2.75, 3.05) is 43.1 Å². The Morgan fingerprint density at radius 1 is 1.10 bits per heavy atom. The summed E-state index contributed by atoms with van der Waals surface area (Å²) in [6, 6.07) is 11.3. The van der Waals surface area contributed by atoms with Crippen LogP contribution < -0.4 is 10.2 Å². The van der Waals surface area contributed by atoms with E-state index in [0.717, 1.165) is 11.3 Å². The van der Waals surface area contributed by atoms with Crippen molar-refractivity contribution in [1.29, 1.82) is 0 Å². The van der Waals surface area contributed by atoms with Gasteiger partial charge in [0.2, 0.25) is 15.9 Å². The number of benzene rings is 2. The van der Waals surface area contributed by atoms with Gasteiger partial charge in [0.1, 0.15) is 0 Å². The third-order valence-electron chi connectivity index (χ3n) is 5.31. The van der Waals surface area contributed by atoms with Gasteiger partial charge in [-0.25, -0.2) is 8.42 Å². The summed E-state index contributed by atoms with van der Waals surface area (Å²) in [5, 5.41) is 2.81. The molecule has 30 heavy (non-hydrogen) atoms. The van der Waals surface area contributed by atoms with Crippen molar-refractivity contribution < 1.29 is 22.7 Å². The number of fused-ring (bicyclic) bond motifs is 1. The van der Waals surface area contributed by atoms with Gasteiger partial charge in [-0.2, -0.15) is 4.31 Å². The van der Waals surface area contributed by atoms with Gasteiger partial charge in [-0.1, -0.05) is 0 Å². The quantitative estimate of drug-likeness (QED) is 0.783. The molecule has 2 aliphatic heterocycles. The number of nitrogens with zero attached hydrogens (tertiary/aromatic N) is 2. The van der Waals surface area contributed by atoms with Gasteiger partial charge in [0.15, 0.2) is 0 Å². The predicted octanol–water partition coefficient (Wildman–Crippen LogP) is 1.87. The lowest BCUT2D eigenvalue weighted by Crippen LogP contribution is -2.40. The number of hydrogen-bond acceptors (Lipinski definition) is 5. The molecule has 9 heteroatoms. The van der Waals surface area contributed by atoms with E-state index >= 15 is 0 Å². The lowest BCUT2D eigenvalue weighted by Gasteiger charge is -2.26. The number of carbonyl (C=O) groups is 2. The highest BCUT2D eigenvalue weighted by Gasteiger charge is 2.27. The normalized spacial score (nSPS) is 17.1. The molecule has 0 aromatic heterocycles. The van der Waals surface area contributed by atoms with Gasteiger partial charge in [-0.3, -0.25) is 9.59 Å². The summed E-state index contributed by atoms with van der Waals surface area (Å²) in [6.07, 6.45) is 0.320. The van der Waals surface area contributed by atoms with Crippen molar-refractivity contribution in [3.63, 3.8) is 0 Å². The minimum absolute atomic E-state index is 0.0491. The van der Waals surface area contributed by atoms with Crippen molar-refractivity contribution in [3.8, 4) is 0 Å². The molecule has 158 valence electrons. The number of carbonyl (C=O) groups excluding carboxylic acids is 2. The Kier molecular flexibility index (Phi) is 5.59. The Morgan fingerprint density at radius 2 is 1.80 bits per heavy atom. The van der Waals surface area contributed by atoms with Gasteiger partial charge in [0.25, 0.3) is 5.91 Å². The van der Waals surface area contributed by atoms with Crippen LogP contribution in [0.1, 0.15) is 22.8 Å². The molecule has 0 atom stereocenters. The second-order valence-electron chi connectivity index (χ2n) is 7.15. The summed E-state index contributed by atoms with van der Waals surface area (Å²) in [6.45, 7) is 3.93. The topological polar surface area (TPSA) is 96.0 Å². The number of likely N-dealkylation sites (N-methyl/N-ethyl adjacent to an activating group) is 1. The molecule has 2 amide bonds. The Bertz CT molecular complexity index is 1080. The first-order chi connectivity index (χ1) is 14.4. The molecule has 1 fully saturated rings. The fourth-order valence-electron chi connectivity index (χ4n) is 3.73. The predicted molar refractivity (Wildman–Crippen MR) is 112 cm³/mol. The summed E-state index contributed by atoms with van der Waals surface area (Å²) in [5.74, 6) is -0.296. The summed E-state index contributed by atoms with van der Waals surface area (Å²) < 4.78 is 32.0. The van der Waals surface area contributed by atoms with Crippen LogP contribution in [0.4, 0.5) is 11.4 Å². The lowest BCUT2D eigenvalue weighted by molar-refractivity contribution is -0.117. The Morgan fingerprint density at radius 3 is 2.47 bits per heavy atom. The standard InChI is InChI=1S/C21H23N3O5S/c1-2-24-19-8-5-17(13-16(19)14-20(24)25)22-21(26)15-3-6-18(7-4-15)30(27,28)23-9-11-29-12-10-23/h3-8,13H,2,9-12,14H2,1H3,(H,22,26). The molecule has 1 N–H and O–H groups in total. The molecule has 0 bridgehead atoms. The average molecular weight is 429 g/mol. The van der Waals surface area contributed by atoms with Gasteiger partial charge in [-0.15, -0.1) is 0 Å². The maximum atomic E-state index is 12.7. The third kappa shape index (κ3) is 3.83. The molecule has 0 saturated carbocycles. The summed E-state index contributed by atoms with van der Waals surface area (Å²) in [7, 11) is -3.60. The third-order valence-corrected chi connectivity index (χ3v) is 7.22. The van der Waals surface area contributed by atoms with Gasteiger partial charge >= 0.3 is 0 Å². The van der Waals surface area contributed by atoms with Crippen molar-refractivity contribution in [2.45, 2.75) is 18.2 Å². The van der Waals surface area contributed by atoms with E-state index in [1.54, 1.807) is 17.0 Å². The minimum atomic E-state index is -3.60. The smallest absolute Gasteiger partial charge is 0.255 e. The summed E-state index contributed by atoms with van der Waals surface area (Å²) >= 11 is 0. The van der Waals surface area contributed by atoms with E-state index in [-0.39, 0.29) is 16.7 Å². The van der Waals surface area contributed by atoms with Crippen LogP contribution in [0.25, 0.3) is 0 Å². The fourth-order valence-corrected chi connectivity index (χ4v) is 5.13. The highest BCUT2D eigenvalue weighted by Crippen LogP contribution is 2.31. The van der Waals surface area contributed by atoms with Crippen molar-refractivity contribution in [1.82, 2.24) is 4.31 Å². The highest BCUT2D eigenvalue weighted by atomic mass is 32.2. The van der Waals surface area contributed by atoms with Gasteiger partial charge in [-0.05, 0) is 55.0 Å². The minimum Gasteiger partial charge on any atom is -0.379 e. The summed E-state index contributed by atoms with van der Waals surface area (Å²) in [4.78, 5) is 26.5. The second kappa shape index (κ2) is 8.17. The highest BCUT2D eigenvalue weighted by molar-refractivity contribution is 7.89. The molecule has 2 aromatic rings. The first kappa shape index (κ1) is 20.5. The number of hydrogen-bond donors (Lipinski definition) is 1. The van der Waals surface area contributed by atoms with E-state index in [1.807, 2.05) is 13.0 Å². The summed E-state index contributed by atoms with van der Waals surface area (Å²) in [5.41, 5.74) is 2.70. The Balaban J connectivity index is 1.47. The van der Waals surface area contributed by atoms with Crippen LogP contribution in [0.2, 0.25) is 0 Å². The number of ether oxygens (including phenoxy) is 1. The van der Waals surface area contributed by atoms with Crippen LogP contribution >= 0.6 is 0 Å². The zero-order valence-electron chi connectivity index (χ0n) is 16.6. The molecule has 2 heterocycles. The number of sulfonamides is 1. The Labute approximate surface area is 175 Å². The van der Waals surface area contributed by atoms with Gasteiger partial charge in [0.05, 0.1) is 24.5 Å². The molecule has 0 unspecified atom stereocenters. The molecule has 2 aliphatic rings. The molecular weight excluding hydrogens is 406 g/mol. The van der Waals surface area contributed by atoms with E-state index in [2.05, 4.69) is 5.32 Å². The second-order valence-corrected chi connectivity index (χ2v) is 9.09. The van der Waals surface area contributed by atoms with Crippen molar-refractivity contribution in [3.05, 3.63) is 53.6 Å². The van der Waals surface area contributed by atoms with Crippen LogP contribution in [-0.2, 0) is 26.0 Å². The zero-order chi connectivity index (χ0) is 21.3. The van der Waals surface area contributed by atoms with E-state index in [1.165, 1.54) is 28.6 Å². The molecule has 0 spiro atoms. The largest absolute Gasteiger partial charge is 0.379 e. The maximum Gasteiger partial charge on any atom is 0.255 e. The molecule has 2 aromatic carbocycles. The Hall–Kier alpha value is -2.75. The van der Waals surface area contributed by atoms with E-state index in [4.69, 9.17) is 4.74 Å². The molecule has 4 rings (SSSR count). The molecule has 0 radical (unpaired) electrons. The van der Waals surface area contributed by atoms with E-state index in [9.17, 15) is 18.0 Å². The van der Waals surface area contributed by atoms with Gasteiger partial charge in [0, 0.05) is 36.6 Å². The number of morpholine rings is 1. The monoisotopic (exact) mass is 429 g/mol. The van der Waals surface area contributed by atoms with Crippen LogP contribution in [0, 0.1) is 0 Å². The molecule has 1 saturated heterocycles. The van der Waals surface area contributed by atoms with Crippen LogP contribution in [0.5, 0.6) is 0 Å². The van der Waals surface area contributed by atoms with E-state index in [0.29, 0.717) is 50.5 Å². The number of anilines is 2. The lowest BCUT2D eigenvalue weighted by atomic mass is 10.1. The maximum absolute atomic E-state index is 12.7. The zero-order valence-corrected chi connectivity index (χ0v) is 17.4. The molecule has 0 aliphatic carbocycles. The number of amides is 2. The molecule has 8 nitrogen and oxygen atoms in total. The first-order valence-corrected chi connectivity index (χ1v) is 11.3. The van der Waals surface area contributed by atoms with Crippen molar-refractivity contribution in [2.24, 2.45) is 0 Å².